The summed E-state index contributed by atoms with van der Waals surface area (Å²) in [6.45, 7) is 1.57. The third kappa shape index (κ3) is 3.29. The van der Waals surface area contributed by atoms with Gasteiger partial charge in [0.15, 0.2) is 0 Å². The second kappa shape index (κ2) is 7.02. The van der Waals surface area contributed by atoms with Crippen molar-refractivity contribution in [1.82, 2.24) is 4.42 Å². The van der Waals surface area contributed by atoms with Crippen molar-refractivity contribution < 1.29 is 19.4 Å². The Hall–Kier alpha value is -1.17. The van der Waals surface area contributed by atoms with Gasteiger partial charge in [0, 0.05) is 11.8 Å². The fraction of sp³-hybridized carbons (Fsp3) is 0.333. The van der Waals surface area contributed by atoms with Crippen LogP contribution in [0.5, 0.6) is 0 Å². The molecule has 8 heteroatoms. The lowest BCUT2D eigenvalue weighted by molar-refractivity contribution is -0.143. The van der Waals surface area contributed by atoms with Crippen molar-refractivity contribution in [2.75, 3.05) is 6.61 Å². The van der Waals surface area contributed by atoms with Crippen LogP contribution in [0.15, 0.2) is 30.3 Å². The maximum absolute atomic E-state index is 11.6. The van der Waals surface area contributed by atoms with E-state index >= 15 is 0 Å². The molecule has 0 aromatic heterocycles. The van der Waals surface area contributed by atoms with Crippen LogP contribution in [0, 0.1) is 0 Å². The number of carboxylic acid groups (broad SMARTS) is 1. The first-order valence-corrected chi connectivity index (χ1v) is 6.75. The van der Waals surface area contributed by atoms with Gasteiger partial charge in [-0.15, -0.1) is 11.6 Å². The molecule has 0 bridgehead atoms. The van der Waals surface area contributed by atoms with E-state index in [1.54, 1.807) is 37.3 Å². The first-order chi connectivity index (χ1) is 9.35. The molecular formula is C12H12Cl3NO4. The van der Waals surface area contributed by atoms with Crippen molar-refractivity contribution in [3.63, 3.8) is 0 Å². The summed E-state index contributed by atoms with van der Waals surface area (Å²) in [7, 11) is 0. The summed E-state index contributed by atoms with van der Waals surface area (Å²) in [6, 6.07) is 8.20. The van der Waals surface area contributed by atoms with Gasteiger partial charge in [-0.3, -0.25) is 0 Å². The largest absolute Gasteiger partial charge is 0.478 e. The smallest absolute Gasteiger partial charge is 0.426 e. The van der Waals surface area contributed by atoms with Crippen LogP contribution in [0.2, 0.25) is 0 Å². The van der Waals surface area contributed by atoms with Crippen LogP contribution >= 0.6 is 35.0 Å². The maximum atomic E-state index is 11.6. The van der Waals surface area contributed by atoms with Gasteiger partial charge in [0.1, 0.15) is 5.38 Å². The van der Waals surface area contributed by atoms with Crippen molar-refractivity contribution >= 4 is 47.0 Å². The van der Waals surface area contributed by atoms with Crippen molar-refractivity contribution in [3.8, 4) is 0 Å². The topological polar surface area (TPSA) is 66.8 Å². The molecule has 0 aliphatic heterocycles. The van der Waals surface area contributed by atoms with Crippen LogP contribution in [0.4, 0.5) is 4.79 Å². The molecule has 110 valence electrons. The molecule has 1 aromatic rings. The number of ether oxygens (including phenoxy) is 1. The molecule has 1 amide bonds. The molecule has 0 aliphatic rings. The van der Waals surface area contributed by atoms with Crippen LogP contribution < -0.4 is 0 Å². The summed E-state index contributed by atoms with van der Waals surface area (Å²) >= 11 is 17.8. The van der Waals surface area contributed by atoms with Crippen LogP contribution in [-0.2, 0) is 9.53 Å². The predicted molar refractivity (Wildman–Crippen MR) is 76.0 cm³/mol. The van der Waals surface area contributed by atoms with Crippen molar-refractivity contribution in [2.45, 2.75) is 17.3 Å². The van der Waals surface area contributed by atoms with E-state index in [0.29, 0.717) is 5.56 Å². The molecule has 1 rings (SSSR count). The highest BCUT2D eigenvalue weighted by Crippen LogP contribution is 2.42. The fourth-order valence-electron chi connectivity index (χ4n) is 1.45. The molecular weight excluding hydrogens is 328 g/mol. The highest BCUT2D eigenvalue weighted by molar-refractivity contribution is 6.43. The number of hydrogen-bond acceptors (Lipinski definition) is 3. The number of carbonyl (C=O) groups is 2. The normalized spacial score (nSPS) is 15.0. The van der Waals surface area contributed by atoms with E-state index in [0.717, 1.165) is 0 Å². The lowest BCUT2D eigenvalue weighted by atomic mass is 10.0. The lowest BCUT2D eigenvalue weighted by Gasteiger charge is -2.32. The molecule has 0 saturated carbocycles. The standard InChI is InChI=1S/C12H12Cl3NO4/c1-2-20-11(19)16(15)12(14,10(17)18)9(13)8-6-4-3-5-7-8/h3-7,9H,2H2,1H3,(H,17,18). The molecule has 0 heterocycles. The molecule has 0 fully saturated rings. The summed E-state index contributed by atoms with van der Waals surface area (Å²) in [4.78, 5) is 20.7. The minimum Gasteiger partial charge on any atom is -0.478 e. The summed E-state index contributed by atoms with van der Waals surface area (Å²) in [5, 5.41) is 8.03. The van der Waals surface area contributed by atoms with Gasteiger partial charge in [-0.2, -0.15) is 4.42 Å². The average Bonchev–Trinajstić information content (AvgIpc) is 2.45. The van der Waals surface area contributed by atoms with E-state index in [2.05, 4.69) is 4.74 Å². The Morgan fingerprint density at radius 2 is 1.95 bits per heavy atom. The van der Waals surface area contributed by atoms with Crippen LogP contribution in [0.3, 0.4) is 0 Å². The predicted octanol–water partition coefficient (Wildman–Crippen LogP) is 3.60. The summed E-state index contributed by atoms with van der Waals surface area (Å²) in [6.07, 6.45) is -1.09. The molecule has 0 saturated heterocycles. The zero-order valence-electron chi connectivity index (χ0n) is 10.4. The lowest BCUT2D eigenvalue weighted by Crippen LogP contribution is -2.51. The Balaban J connectivity index is 3.15. The molecule has 2 atom stereocenters. The molecule has 0 radical (unpaired) electrons. The Bertz CT molecular complexity index is 485. The van der Waals surface area contributed by atoms with E-state index < -0.39 is 22.4 Å². The highest BCUT2D eigenvalue weighted by Gasteiger charge is 2.52. The first kappa shape index (κ1) is 16.9. The number of alkyl halides is 2. The first-order valence-electron chi connectivity index (χ1n) is 5.59. The second-order valence-electron chi connectivity index (χ2n) is 3.73. The summed E-state index contributed by atoms with van der Waals surface area (Å²) in [5.74, 6) is -1.56. The maximum Gasteiger partial charge on any atom is 0.426 e. The number of rotatable bonds is 5. The minimum absolute atomic E-state index is 0.0208. The Kier molecular flexibility index (Phi) is 5.92. The molecule has 5 nitrogen and oxygen atoms in total. The highest BCUT2D eigenvalue weighted by atomic mass is 35.5. The molecule has 0 spiro atoms. The van der Waals surface area contributed by atoms with Gasteiger partial charge >= 0.3 is 12.1 Å². The molecule has 0 aliphatic carbocycles. The van der Waals surface area contributed by atoms with Gasteiger partial charge in [0.05, 0.1) is 6.61 Å². The van der Waals surface area contributed by atoms with Crippen molar-refractivity contribution in [2.24, 2.45) is 0 Å². The van der Waals surface area contributed by atoms with Crippen LogP contribution in [0.25, 0.3) is 0 Å². The molecule has 2 unspecified atom stereocenters. The van der Waals surface area contributed by atoms with Gasteiger partial charge in [-0.05, 0) is 12.5 Å². The van der Waals surface area contributed by atoms with E-state index in [1.807, 2.05) is 0 Å². The second-order valence-corrected chi connectivity index (χ2v) is 5.08. The number of hydrogen-bond donors (Lipinski definition) is 1. The monoisotopic (exact) mass is 339 g/mol. The quantitative estimate of drug-likeness (QED) is 0.505. The summed E-state index contributed by atoms with van der Waals surface area (Å²) in [5.41, 5.74) is 0.404. The third-order valence-electron chi connectivity index (χ3n) is 2.44. The number of carbonyl (C=O) groups excluding carboxylic acids is 1. The van der Waals surface area contributed by atoms with Crippen molar-refractivity contribution in [1.29, 1.82) is 0 Å². The number of halogens is 3. The van der Waals surface area contributed by atoms with Crippen LogP contribution in [0.1, 0.15) is 17.9 Å². The SMILES string of the molecule is CCOC(=O)N(Cl)C(Cl)(C(=O)O)C(Cl)c1ccccc1. The summed E-state index contributed by atoms with van der Waals surface area (Å²) < 4.78 is 4.89. The average molecular weight is 341 g/mol. The Labute approximate surface area is 131 Å². The van der Waals surface area contributed by atoms with Gasteiger partial charge < -0.3 is 9.84 Å². The van der Waals surface area contributed by atoms with Crippen molar-refractivity contribution in [3.05, 3.63) is 35.9 Å². The molecule has 20 heavy (non-hydrogen) atoms. The third-order valence-corrected chi connectivity index (χ3v) is 4.16. The minimum atomic E-state index is -2.38. The zero-order valence-corrected chi connectivity index (χ0v) is 12.7. The number of amides is 1. The molecule has 1 N–H and O–H groups in total. The number of carboxylic acids is 1. The van der Waals surface area contributed by atoms with E-state index in [9.17, 15) is 14.7 Å². The Morgan fingerprint density at radius 1 is 1.40 bits per heavy atom. The number of benzene rings is 1. The van der Waals surface area contributed by atoms with E-state index in [4.69, 9.17) is 35.0 Å². The van der Waals surface area contributed by atoms with E-state index in [-0.39, 0.29) is 11.0 Å². The zero-order chi connectivity index (χ0) is 15.3. The van der Waals surface area contributed by atoms with E-state index in [1.165, 1.54) is 0 Å². The van der Waals surface area contributed by atoms with Gasteiger partial charge in [-0.25, -0.2) is 9.59 Å². The Morgan fingerprint density at radius 3 is 2.40 bits per heavy atom. The molecule has 1 aromatic carbocycles. The van der Waals surface area contributed by atoms with Gasteiger partial charge in [0.25, 0.3) is 5.00 Å². The fourth-order valence-corrected chi connectivity index (χ4v) is 2.25. The number of aliphatic carboxylic acids is 1. The van der Waals surface area contributed by atoms with Crippen LogP contribution in [-0.4, -0.2) is 33.2 Å². The number of nitrogens with zero attached hydrogens (tertiary/aromatic N) is 1. The van der Waals surface area contributed by atoms with Gasteiger partial charge in [0.2, 0.25) is 0 Å². The van der Waals surface area contributed by atoms with Gasteiger partial charge in [-0.1, -0.05) is 41.9 Å².